The van der Waals surface area contributed by atoms with Gasteiger partial charge in [-0.1, -0.05) is 78.0 Å². The summed E-state index contributed by atoms with van der Waals surface area (Å²) in [5.41, 5.74) is 1.26. The lowest BCUT2D eigenvalue weighted by atomic mass is 9.65. The Morgan fingerprint density at radius 3 is 1.73 bits per heavy atom. The maximum absolute atomic E-state index is 13.2. The van der Waals surface area contributed by atoms with Gasteiger partial charge in [-0.15, -0.1) is 0 Å². The van der Waals surface area contributed by atoms with Crippen molar-refractivity contribution in [2.45, 2.75) is 183 Å². The lowest BCUT2D eigenvalue weighted by Gasteiger charge is -2.44. The van der Waals surface area contributed by atoms with Crippen molar-refractivity contribution >= 4 is 23.9 Å². The fourth-order valence-electron chi connectivity index (χ4n) is 10.1. The molecule has 0 spiro atoms. The molecule has 1 heterocycles. The number of carbonyl (C=O) groups excluding carboxylic acids is 4. The molecule has 336 valence electrons. The molecule has 1 saturated heterocycles. The van der Waals surface area contributed by atoms with Crippen LogP contribution < -0.4 is 0 Å². The van der Waals surface area contributed by atoms with Gasteiger partial charge >= 0.3 is 23.9 Å². The Morgan fingerprint density at radius 2 is 1.23 bits per heavy atom. The second-order valence-electron chi connectivity index (χ2n) is 20.5. The molecule has 0 saturated carbocycles. The van der Waals surface area contributed by atoms with Crippen LogP contribution in [-0.4, -0.2) is 70.7 Å². The van der Waals surface area contributed by atoms with Crippen molar-refractivity contribution in [1.29, 1.82) is 0 Å². The van der Waals surface area contributed by atoms with Crippen LogP contribution in [0.5, 0.6) is 0 Å². The molecule has 2 N–H and O–H groups in total. The van der Waals surface area contributed by atoms with Crippen molar-refractivity contribution in [2.24, 2.45) is 58.2 Å². The fraction of sp³-hybridized carbons (Fsp3) is 0.760. The average molecular weight is 837 g/mol. The molecule has 60 heavy (non-hydrogen) atoms. The number of cyclic esters (lactones) is 1. The summed E-state index contributed by atoms with van der Waals surface area (Å²) in [4.78, 5) is 52.3. The Hall–Kier alpha value is -3.24. The van der Waals surface area contributed by atoms with E-state index in [0.717, 1.165) is 19.3 Å². The van der Waals surface area contributed by atoms with Crippen molar-refractivity contribution in [3.8, 4) is 0 Å². The van der Waals surface area contributed by atoms with Crippen molar-refractivity contribution in [3.63, 3.8) is 0 Å². The highest BCUT2D eigenvalue weighted by Gasteiger charge is 2.45. The van der Waals surface area contributed by atoms with Crippen LogP contribution in [-0.2, 0) is 38.1 Å². The van der Waals surface area contributed by atoms with Gasteiger partial charge < -0.3 is 29.2 Å². The number of aliphatic hydroxyl groups excluding tert-OH is 2. The molecule has 0 aromatic rings. The predicted molar refractivity (Wildman–Crippen MR) is 231 cm³/mol. The zero-order chi connectivity index (χ0) is 44.1. The molecule has 4 aliphatic carbocycles. The van der Waals surface area contributed by atoms with Crippen molar-refractivity contribution in [2.75, 3.05) is 0 Å². The van der Waals surface area contributed by atoms with Gasteiger partial charge in [-0.05, 0) is 132 Å². The lowest BCUT2D eigenvalue weighted by Crippen LogP contribution is -2.43. The van der Waals surface area contributed by atoms with Gasteiger partial charge in [-0.3, -0.25) is 19.2 Å². The normalized spacial score (nSPS) is 33.9. The van der Waals surface area contributed by atoms with E-state index in [1.807, 2.05) is 41.5 Å². The topological polar surface area (TPSA) is 146 Å². The minimum Gasteiger partial charge on any atom is -0.462 e. The SMILES string of the molecule is CCC(C)(C)C(=O)O[C@H]1C[C@@H](C)C=C2C=C[C@H](C)[C@H](CC[C@@H]3C[C@@H](OC(=O)C[C@@H](O)C[C@H](O)CCC4[C@@H](C)C=CC5=C[C@H](C)C[C@H](OC(=O)C(C)(C)CC)[C@@H]54)CC(=O)O3)[C@@H]21. The number of aliphatic hydroxyl groups is 2. The molecule has 1 fully saturated rings. The molecule has 1 aliphatic heterocycles. The highest BCUT2D eigenvalue weighted by atomic mass is 16.6. The molecule has 5 rings (SSSR count). The summed E-state index contributed by atoms with van der Waals surface area (Å²) < 4.78 is 24.0. The first kappa shape index (κ1) is 47.8. The predicted octanol–water partition coefficient (Wildman–Crippen LogP) is 9.17. The number of allylic oxidation sites excluding steroid dienone is 6. The Morgan fingerprint density at radius 1 is 0.733 bits per heavy atom. The minimum absolute atomic E-state index is 0.0194. The summed E-state index contributed by atoms with van der Waals surface area (Å²) >= 11 is 0. The van der Waals surface area contributed by atoms with Gasteiger partial charge in [0.2, 0.25) is 0 Å². The maximum Gasteiger partial charge on any atom is 0.311 e. The van der Waals surface area contributed by atoms with E-state index in [-0.39, 0.29) is 90.8 Å². The molecule has 10 heteroatoms. The number of ether oxygens (including phenoxy) is 4. The standard InChI is InChI=1S/C50H76O10/c1-11-49(7,8)47(55)59-41-23-29(3)21-33-15-13-31(5)39(45(33)41)19-17-35(51)25-36(52)26-43(53)58-38-27-37(57-44(54)28-38)18-20-40-32(6)14-16-34-22-30(4)24-42(46(34)40)60-48(56)50(9,10)12-2/h13-16,21-22,29-32,35-42,45-46,51-52H,11-12,17-20,23-28H2,1-10H3/t29-,30-,31-,32-,35+,36-,37+,38+,39?,40-,41-,42-,45-,46+/m0/s1. The third-order valence-electron chi connectivity index (χ3n) is 14.7. The van der Waals surface area contributed by atoms with Crippen LogP contribution in [0.25, 0.3) is 0 Å². The van der Waals surface area contributed by atoms with E-state index in [2.05, 4.69) is 64.2 Å². The molecule has 0 radical (unpaired) electrons. The molecule has 1 unspecified atom stereocenters. The van der Waals surface area contributed by atoms with Crippen LogP contribution in [0.4, 0.5) is 0 Å². The van der Waals surface area contributed by atoms with Gasteiger partial charge in [-0.2, -0.15) is 0 Å². The third-order valence-corrected chi connectivity index (χ3v) is 14.7. The summed E-state index contributed by atoms with van der Waals surface area (Å²) in [6.45, 7) is 20.3. The van der Waals surface area contributed by atoms with E-state index < -0.39 is 47.2 Å². The van der Waals surface area contributed by atoms with Crippen molar-refractivity contribution < 1.29 is 48.3 Å². The first-order valence-electron chi connectivity index (χ1n) is 23.2. The first-order chi connectivity index (χ1) is 28.2. The third kappa shape index (κ3) is 12.0. The Labute approximate surface area is 360 Å². The van der Waals surface area contributed by atoms with E-state index in [9.17, 15) is 29.4 Å². The molecule has 0 aromatic carbocycles. The Bertz CT molecular complexity index is 1650. The highest BCUT2D eigenvalue weighted by molar-refractivity contribution is 5.76. The highest BCUT2D eigenvalue weighted by Crippen LogP contribution is 2.47. The number of esters is 4. The summed E-state index contributed by atoms with van der Waals surface area (Å²) in [5, 5.41) is 22.0. The molecular weight excluding hydrogens is 761 g/mol. The number of fused-ring (bicyclic) bond motifs is 2. The van der Waals surface area contributed by atoms with E-state index >= 15 is 0 Å². The summed E-state index contributed by atoms with van der Waals surface area (Å²) in [6, 6.07) is 0. The number of carbonyl (C=O) groups is 4. The first-order valence-corrected chi connectivity index (χ1v) is 23.2. The van der Waals surface area contributed by atoms with Crippen LogP contribution in [0.2, 0.25) is 0 Å². The number of rotatable bonds is 17. The summed E-state index contributed by atoms with van der Waals surface area (Å²) in [7, 11) is 0. The Balaban J connectivity index is 1.11. The van der Waals surface area contributed by atoms with Crippen LogP contribution in [0.1, 0.15) is 146 Å². The molecule has 0 amide bonds. The van der Waals surface area contributed by atoms with Gasteiger partial charge in [0, 0.05) is 18.3 Å². The average Bonchev–Trinajstić information content (AvgIpc) is 3.16. The number of hydrogen-bond donors (Lipinski definition) is 2. The largest absolute Gasteiger partial charge is 0.462 e. The molecule has 5 aliphatic rings. The monoisotopic (exact) mass is 837 g/mol. The number of hydrogen-bond acceptors (Lipinski definition) is 10. The van der Waals surface area contributed by atoms with E-state index in [1.165, 1.54) is 11.1 Å². The van der Waals surface area contributed by atoms with E-state index in [0.29, 0.717) is 38.5 Å². The van der Waals surface area contributed by atoms with Crippen molar-refractivity contribution in [3.05, 3.63) is 47.6 Å². The molecular formula is C50H76O10. The van der Waals surface area contributed by atoms with Crippen LogP contribution in [0.3, 0.4) is 0 Å². The quantitative estimate of drug-likeness (QED) is 0.107. The minimum atomic E-state index is -1.11. The second-order valence-corrected chi connectivity index (χ2v) is 20.5. The van der Waals surface area contributed by atoms with Gasteiger partial charge in [0.25, 0.3) is 0 Å². The molecule has 0 bridgehead atoms. The fourth-order valence-corrected chi connectivity index (χ4v) is 10.1. The van der Waals surface area contributed by atoms with Gasteiger partial charge in [-0.25, -0.2) is 0 Å². The Kier molecular flexibility index (Phi) is 16.2. The van der Waals surface area contributed by atoms with Crippen LogP contribution >= 0.6 is 0 Å². The molecule has 14 atom stereocenters. The van der Waals surface area contributed by atoms with Gasteiger partial charge in [0.15, 0.2) is 0 Å². The van der Waals surface area contributed by atoms with E-state index in [4.69, 9.17) is 18.9 Å². The lowest BCUT2D eigenvalue weighted by molar-refractivity contribution is -0.172. The zero-order valence-electron chi connectivity index (χ0n) is 38.2. The van der Waals surface area contributed by atoms with Gasteiger partial charge in [0.1, 0.15) is 24.4 Å². The molecule has 0 aromatic heterocycles. The zero-order valence-corrected chi connectivity index (χ0v) is 38.2. The van der Waals surface area contributed by atoms with Crippen LogP contribution in [0.15, 0.2) is 47.6 Å². The molecule has 10 nitrogen and oxygen atoms in total. The van der Waals surface area contributed by atoms with Gasteiger partial charge in [0.05, 0.1) is 35.9 Å². The summed E-state index contributed by atoms with van der Waals surface area (Å²) in [6.07, 6.45) is 15.2. The smallest absolute Gasteiger partial charge is 0.311 e. The summed E-state index contributed by atoms with van der Waals surface area (Å²) in [5.74, 6) is 0.0528. The van der Waals surface area contributed by atoms with Crippen LogP contribution in [0, 0.1) is 58.2 Å². The second kappa shape index (κ2) is 20.3. The maximum atomic E-state index is 13.2. The van der Waals surface area contributed by atoms with E-state index in [1.54, 1.807) is 0 Å². The van der Waals surface area contributed by atoms with Crippen molar-refractivity contribution in [1.82, 2.24) is 0 Å².